The number of carbonyl (C=O) groups is 5. The number of benzene rings is 3. The van der Waals surface area contributed by atoms with Gasteiger partial charge in [0.05, 0.1) is 7.11 Å². The molecule has 0 atom stereocenters. The summed E-state index contributed by atoms with van der Waals surface area (Å²) in [6.07, 6.45) is 5.03. The van der Waals surface area contributed by atoms with E-state index in [1.807, 2.05) is 36.4 Å². The lowest BCUT2D eigenvalue weighted by Gasteiger charge is -2.15. The maximum atomic E-state index is 14.9. The minimum Gasteiger partial charge on any atom is -0.494 e. The van der Waals surface area contributed by atoms with Crippen LogP contribution in [0.2, 0.25) is 0 Å². The van der Waals surface area contributed by atoms with E-state index in [0.29, 0.717) is 29.7 Å². The number of halogens is 1. The largest absolute Gasteiger partial charge is 0.494 e. The lowest BCUT2D eigenvalue weighted by Crippen LogP contribution is -2.25. The first-order valence-corrected chi connectivity index (χ1v) is 17.9. The Morgan fingerprint density at radius 1 is 0.685 bits per heavy atom. The molecule has 288 valence electrons. The number of likely N-dealkylation sites (tertiary alicyclic amines) is 2. The third-order valence-electron chi connectivity index (χ3n) is 8.54. The number of rotatable bonds is 12. The van der Waals surface area contributed by atoms with Gasteiger partial charge in [0.1, 0.15) is 24.7 Å². The van der Waals surface area contributed by atoms with Crippen LogP contribution in [0.25, 0.3) is 20.5 Å². The van der Waals surface area contributed by atoms with Crippen LogP contribution in [0, 0.1) is 5.82 Å². The van der Waals surface area contributed by atoms with Gasteiger partial charge in [-0.15, -0.1) is 11.3 Å². The number of aliphatic carboxylic acids is 4. The van der Waals surface area contributed by atoms with Gasteiger partial charge in [0.15, 0.2) is 17.3 Å². The Balaban J connectivity index is 0.000000470. The maximum absolute atomic E-state index is 14.9. The normalized spacial score (nSPS) is 14.0. The Hall–Kier alpha value is -5.58. The molecule has 3 aromatic carbocycles. The van der Waals surface area contributed by atoms with E-state index in [2.05, 4.69) is 9.80 Å². The van der Waals surface area contributed by atoms with Crippen LogP contribution < -0.4 is 14.2 Å². The van der Waals surface area contributed by atoms with Crippen LogP contribution in [-0.4, -0.2) is 119 Å². The van der Waals surface area contributed by atoms with Gasteiger partial charge in [-0.25, -0.2) is 23.6 Å². The Labute approximate surface area is 313 Å². The van der Waals surface area contributed by atoms with Crippen molar-refractivity contribution in [3.8, 4) is 27.7 Å². The molecule has 0 unspecified atom stereocenters. The number of fused-ring (bicyclic) bond motifs is 1. The first-order valence-electron chi connectivity index (χ1n) is 17.1. The van der Waals surface area contributed by atoms with Gasteiger partial charge in [-0.05, 0) is 112 Å². The fourth-order valence-electron chi connectivity index (χ4n) is 5.83. The van der Waals surface area contributed by atoms with Gasteiger partial charge in [-0.3, -0.25) is 14.6 Å². The molecule has 0 aliphatic carbocycles. The molecule has 0 saturated carbocycles. The highest BCUT2D eigenvalue weighted by Gasteiger charge is 2.24. The standard InChI is InChI=1S/C34H37FN2O4S.2C2H2O4/c1-39-30-23-31-28(22-29(30)35)32(33(38)24-6-10-26(11-7-24)40-20-18-36-14-2-3-15-36)34(42-31)25-8-12-27(13-9-25)41-21-19-37-16-4-5-17-37;2*3-1(4)2(5)6/h6-13,22-23H,2-5,14-21H2,1H3;2*(H,3,4)(H,5,6). The summed E-state index contributed by atoms with van der Waals surface area (Å²) in [5.74, 6) is -6.26. The Morgan fingerprint density at radius 3 is 1.56 bits per heavy atom. The van der Waals surface area contributed by atoms with E-state index in [1.54, 1.807) is 18.2 Å². The number of thiophene rings is 1. The second kappa shape index (κ2) is 20.0. The monoisotopic (exact) mass is 768 g/mol. The number of hydrogen-bond acceptors (Lipinski definition) is 11. The molecule has 4 aromatic rings. The van der Waals surface area contributed by atoms with Gasteiger partial charge < -0.3 is 34.6 Å². The number of carboxylic acid groups (broad SMARTS) is 4. The second-order valence-electron chi connectivity index (χ2n) is 12.2. The van der Waals surface area contributed by atoms with Crippen LogP contribution in [0.3, 0.4) is 0 Å². The van der Waals surface area contributed by atoms with Crippen molar-refractivity contribution in [1.29, 1.82) is 0 Å². The summed E-state index contributed by atoms with van der Waals surface area (Å²) in [5, 5.41) is 30.1. The minimum absolute atomic E-state index is 0.157. The average molecular weight is 769 g/mol. The lowest BCUT2D eigenvalue weighted by atomic mass is 9.97. The van der Waals surface area contributed by atoms with E-state index in [1.165, 1.54) is 50.2 Å². The second-order valence-corrected chi connectivity index (χ2v) is 13.2. The fourth-order valence-corrected chi connectivity index (χ4v) is 7.05. The molecular formula is C38H41FN2O12S. The van der Waals surface area contributed by atoms with E-state index in [-0.39, 0.29) is 11.5 Å². The number of nitrogens with zero attached hydrogens (tertiary/aromatic N) is 2. The molecular weight excluding hydrogens is 727 g/mol. The summed E-state index contributed by atoms with van der Waals surface area (Å²) in [7, 11) is 1.45. The van der Waals surface area contributed by atoms with Crippen LogP contribution in [0.4, 0.5) is 4.39 Å². The molecule has 0 radical (unpaired) electrons. The molecule has 6 rings (SSSR count). The highest BCUT2D eigenvalue weighted by Crippen LogP contribution is 2.42. The zero-order chi connectivity index (χ0) is 39.2. The van der Waals surface area contributed by atoms with Crippen LogP contribution in [0.1, 0.15) is 41.6 Å². The Kier molecular flexibility index (Phi) is 15.3. The van der Waals surface area contributed by atoms with Crippen molar-refractivity contribution in [3.05, 3.63) is 77.6 Å². The number of methoxy groups -OCH3 is 1. The molecule has 2 saturated heterocycles. The van der Waals surface area contributed by atoms with Gasteiger partial charge in [0, 0.05) is 45.2 Å². The molecule has 2 aliphatic rings. The minimum atomic E-state index is -1.82. The lowest BCUT2D eigenvalue weighted by molar-refractivity contribution is -0.159. The fraction of sp³-hybridized carbons (Fsp3) is 0.342. The predicted molar refractivity (Wildman–Crippen MR) is 197 cm³/mol. The maximum Gasteiger partial charge on any atom is 0.414 e. The van der Waals surface area contributed by atoms with E-state index >= 15 is 0 Å². The van der Waals surface area contributed by atoms with Gasteiger partial charge in [-0.2, -0.15) is 0 Å². The van der Waals surface area contributed by atoms with Gasteiger partial charge in [-0.1, -0.05) is 0 Å². The van der Waals surface area contributed by atoms with E-state index < -0.39 is 29.7 Å². The summed E-state index contributed by atoms with van der Waals surface area (Å²) in [4.78, 5) is 56.0. The first-order chi connectivity index (χ1) is 25.9. The van der Waals surface area contributed by atoms with E-state index in [0.717, 1.165) is 65.9 Å². The van der Waals surface area contributed by atoms with Crippen molar-refractivity contribution >= 4 is 51.1 Å². The van der Waals surface area contributed by atoms with E-state index in [9.17, 15) is 9.18 Å². The molecule has 2 fully saturated rings. The van der Waals surface area contributed by atoms with Gasteiger partial charge in [0.2, 0.25) is 0 Å². The zero-order valence-electron chi connectivity index (χ0n) is 29.5. The summed E-state index contributed by atoms with van der Waals surface area (Å²) in [5.41, 5.74) is 1.90. The average Bonchev–Trinajstić information content (AvgIpc) is 3.94. The Bertz CT molecular complexity index is 1870. The van der Waals surface area contributed by atoms with Crippen molar-refractivity contribution in [3.63, 3.8) is 0 Å². The Morgan fingerprint density at radius 2 is 1.13 bits per heavy atom. The highest BCUT2D eigenvalue weighted by atomic mass is 32.1. The number of ketones is 1. The third kappa shape index (κ3) is 11.7. The SMILES string of the molecule is COc1cc2sc(-c3ccc(OCCN4CCCC4)cc3)c(C(=O)c3ccc(OCCN4CCCC4)cc3)c2cc1F.O=C(O)C(=O)O.O=C(O)C(=O)O. The molecule has 1 aromatic heterocycles. The molecule has 0 spiro atoms. The number of ether oxygens (including phenoxy) is 3. The third-order valence-corrected chi connectivity index (χ3v) is 9.74. The summed E-state index contributed by atoms with van der Waals surface area (Å²) in [6, 6.07) is 18.1. The van der Waals surface area contributed by atoms with Gasteiger partial charge >= 0.3 is 23.9 Å². The van der Waals surface area contributed by atoms with Crippen molar-refractivity contribution < 1.29 is 63.0 Å². The number of hydrogen-bond donors (Lipinski definition) is 4. The molecule has 14 nitrogen and oxygen atoms in total. The van der Waals surface area contributed by atoms with Crippen LogP contribution in [0.5, 0.6) is 17.2 Å². The highest BCUT2D eigenvalue weighted by molar-refractivity contribution is 7.22. The molecule has 0 bridgehead atoms. The van der Waals surface area contributed by atoms with Crippen molar-refractivity contribution in [2.45, 2.75) is 25.7 Å². The quantitative estimate of drug-likeness (QED) is 0.108. The summed E-state index contributed by atoms with van der Waals surface area (Å²) >= 11 is 1.46. The van der Waals surface area contributed by atoms with Crippen molar-refractivity contribution in [1.82, 2.24) is 9.80 Å². The summed E-state index contributed by atoms with van der Waals surface area (Å²) < 4.78 is 32.8. The smallest absolute Gasteiger partial charge is 0.414 e. The molecule has 0 amide bonds. The molecule has 16 heteroatoms. The summed E-state index contributed by atoms with van der Waals surface area (Å²) in [6.45, 7) is 7.64. The number of carboxylic acids is 4. The van der Waals surface area contributed by atoms with E-state index in [4.69, 9.17) is 53.8 Å². The van der Waals surface area contributed by atoms with Crippen LogP contribution in [-0.2, 0) is 19.2 Å². The van der Waals surface area contributed by atoms with Gasteiger partial charge in [0.25, 0.3) is 0 Å². The zero-order valence-corrected chi connectivity index (χ0v) is 30.3. The molecule has 54 heavy (non-hydrogen) atoms. The van der Waals surface area contributed by atoms with Crippen molar-refractivity contribution in [2.24, 2.45) is 0 Å². The van der Waals surface area contributed by atoms with Crippen LogP contribution >= 0.6 is 11.3 Å². The predicted octanol–water partition coefficient (Wildman–Crippen LogP) is 5.21. The molecule has 2 aliphatic heterocycles. The van der Waals surface area contributed by atoms with Crippen molar-refractivity contribution in [2.75, 3.05) is 59.6 Å². The first kappa shape index (κ1) is 41.2. The topological polar surface area (TPSA) is 200 Å². The molecule has 4 N–H and O–H groups in total. The number of carbonyl (C=O) groups excluding carboxylic acids is 1. The van der Waals surface area contributed by atoms with Crippen LogP contribution in [0.15, 0.2) is 60.7 Å². The molecule has 3 heterocycles.